The van der Waals surface area contributed by atoms with Gasteiger partial charge in [0.05, 0.1) is 5.52 Å². The van der Waals surface area contributed by atoms with Crippen molar-refractivity contribution < 1.29 is 4.74 Å². The molecule has 0 bridgehead atoms. The molecule has 3 nitrogen and oxygen atoms in total. The van der Waals surface area contributed by atoms with Crippen LogP contribution in [-0.4, -0.2) is 11.2 Å². The summed E-state index contributed by atoms with van der Waals surface area (Å²) in [5.41, 5.74) is 9.37. The molecular weight excluding hydrogens is 388 g/mol. The molecule has 3 aromatic rings. The summed E-state index contributed by atoms with van der Waals surface area (Å²) in [7, 11) is 0. The van der Waals surface area contributed by atoms with Gasteiger partial charge in [0, 0.05) is 22.1 Å². The monoisotopic (exact) mass is 412 g/mol. The largest absolute Gasteiger partial charge is 0.476 e. The van der Waals surface area contributed by atoms with E-state index in [2.05, 4.69) is 58.2 Å². The molecule has 0 aliphatic rings. The maximum Gasteiger partial charge on any atom is 0.147 e. The van der Waals surface area contributed by atoms with E-state index in [0.29, 0.717) is 0 Å². The quantitative estimate of drug-likeness (QED) is 0.348. The molecule has 0 amide bonds. The van der Waals surface area contributed by atoms with Gasteiger partial charge in [-0.05, 0) is 54.3 Å². The first-order chi connectivity index (χ1) is 12.7. The molecule has 1 unspecified atom stereocenters. The van der Waals surface area contributed by atoms with Crippen LogP contribution in [0.25, 0.3) is 22.0 Å². The highest BCUT2D eigenvalue weighted by Gasteiger charge is 2.08. The number of rotatable bonds is 8. The number of fused-ring (bicyclic) bond motifs is 1. The normalized spacial score (nSPS) is 12.3. The molecule has 1 heterocycles. The van der Waals surface area contributed by atoms with Crippen molar-refractivity contribution in [1.82, 2.24) is 4.98 Å². The Bertz CT molecular complexity index is 848. The van der Waals surface area contributed by atoms with Crippen LogP contribution in [0.2, 0.25) is 0 Å². The van der Waals surface area contributed by atoms with Crippen LogP contribution in [-0.2, 0) is 0 Å². The van der Waals surface area contributed by atoms with Crippen LogP contribution in [0.4, 0.5) is 0 Å². The third-order valence-corrected chi connectivity index (χ3v) is 5.03. The maximum absolute atomic E-state index is 6.12. The molecule has 136 valence electrons. The van der Waals surface area contributed by atoms with E-state index in [1.807, 2.05) is 24.4 Å². The molecule has 1 atom stereocenters. The van der Waals surface area contributed by atoms with E-state index in [1.165, 1.54) is 24.8 Å². The molecule has 0 aliphatic carbocycles. The molecular formula is C22H25BrN2O. The second-order valence-corrected chi connectivity index (χ2v) is 7.47. The Morgan fingerprint density at radius 2 is 1.85 bits per heavy atom. The van der Waals surface area contributed by atoms with Crippen molar-refractivity contribution in [3.8, 4) is 16.9 Å². The van der Waals surface area contributed by atoms with E-state index in [0.717, 1.165) is 39.5 Å². The molecule has 0 radical (unpaired) electrons. The van der Waals surface area contributed by atoms with Crippen molar-refractivity contribution >= 4 is 26.8 Å². The molecule has 0 saturated heterocycles. The van der Waals surface area contributed by atoms with Gasteiger partial charge in [-0.2, -0.15) is 0 Å². The number of halogens is 1. The van der Waals surface area contributed by atoms with E-state index in [1.54, 1.807) is 0 Å². The Morgan fingerprint density at radius 1 is 1.04 bits per heavy atom. The summed E-state index contributed by atoms with van der Waals surface area (Å²) in [6.45, 7) is 2.21. The summed E-state index contributed by atoms with van der Waals surface area (Å²) in [6.07, 6.45) is 7.26. The van der Waals surface area contributed by atoms with E-state index >= 15 is 0 Å². The van der Waals surface area contributed by atoms with E-state index in [4.69, 9.17) is 10.5 Å². The molecule has 0 saturated carbocycles. The Kier molecular flexibility index (Phi) is 6.64. The summed E-state index contributed by atoms with van der Waals surface area (Å²) in [6, 6.07) is 16.4. The van der Waals surface area contributed by atoms with Gasteiger partial charge in [0.25, 0.3) is 0 Å². The number of hydrogen-bond acceptors (Lipinski definition) is 3. The van der Waals surface area contributed by atoms with Crippen molar-refractivity contribution in [2.75, 3.05) is 0 Å². The van der Waals surface area contributed by atoms with Gasteiger partial charge in [0.2, 0.25) is 0 Å². The number of aromatic nitrogens is 1. The highest BCUT2D eigenvalue weighted by atomic mass is 79.9. The summed E-state index contributed by atoms with van der Waals surface area (Å²) in [4.78, 5) is 4.51. The van der Waals surface area contributed by atoms with Gasteiger partial charge >= 0.3 is 0 Å². The van der Waals surface area contributed by atoms with Crippen LogP contribution >= 0.6 is 15.9 Å². The lowest BCUT2D eigenvalue weighted by Crippen LogP contribution is -2.26. The molecule has 1 aromatic heterocycles. The van der Waals surface area contributed by atoms with Crippen molar-refractivity contribution in [3.63, 3.8) is 0 Å². The van der Waals surface area contributed by atoms with Crippen LogP contribution in [0.15, 0.2) is 59.2 Å². The first-order valence-corrected chi connectivity index (χ1v) is 10.0. The lowest BCUT2D eigenvalue weighted by Gasteiger charge is -2.15. The predicted molar refractivity (Wildman–Crippen MR) is 112 cm³/mol. The smallest absolute Gasteiger partial charge is 0.147 e. The lowest BCUT2D eigenvalue weighted by molar-refractivity contribution is 0.194. The molecule has 0 fully saturated rings. The number of nitrogens with zero attached hydrogens (tertiary/aromatic N) is 1. The van der Waals surface area contributed by atoms with Crippen molar-refractivity contribution in [2.24, 2.45) is 5.73 Å². The van der Waals surface area contributed by atoms with Crippen LogP contribution in [0.5, 0.6) is 5.75 Å². The van der Waals surface area contributed by atoms with Crippen LogP contribution in [0.3, 0.4) is 0 Å². The number of nitrogens with two attached hydrogens (primary N) is 1. The standard InChI is InChI=1S/C22H25BrN2O/c1-2-3-4-5-6-22(24)26-18-11-12-20-19(13-14-25-21(20)15-18)16-7-9-17(23)10-8-16/h7-15,22H,2-6,24H2,1H3. The summed E-state index contributed by atoms with van der Waals surface area (Å²) in [5, 5.41) is 1.11. The van der Waals surface area contributed by atoms with Crippen LogP contribution in [0.1, 0.15) is 39.0 Å². The van der Waals surface area contributed by atoms with Gasteiger partial charge < -0.3 is 4.74 Å². The second-order valence-electron chi connectivity index (χ2n) is 6.55. The van der Waals surface area contributed by atoms with Gasteiger partial charge in [0.15, 0.2) is 0 Å². The Balaban J connectivity index is 1.76. The predicted octanol–water partition coefficient (Wildman–Crippen LogP) is 6.30. The van der Waals surface area contributed by atoms with Gasteiger partial charge in [-0.15, -0.1) is 0 Å². The van der Waals surface area contributed by atoms with E-state index in [9.17, 15) is 0 Å². The Morgan fingerprint density at radius 3 is 2.62 bits per heavy atom. The van der Waals surface area contributed by atoms with Crippen molar-refractivity contribution in [3.05, 3.63) is 59.2 Å². The highest BCUT2D eigenvalue weighted by molar-refractivity contribution is 9.10. The number of hydrogen-bond donors (Lipinski definition) is 1. The zero-order valence-corrected chi connectivity index (χ0v) is 16.7. The van der Waals surface area contributed by atoms with Gasteiger partial charge in [-0.1, -0.05) is 54.2 Å². The van der Waals surface area contributed by atoms with E-state index in [-0.39, 0.29) is 6.23 Å². The van der Waals surface area contributed by atoms with Crippen molar-refractivity contribution in [2.45, 2.75) is 45.3 Å². The third kappa shape index (κ3) is 4.83. The SMILES string of the molecule is CCCCCCC(N)Oc1ccc2c(-c3ccc(Br)cc3)ccnc2c1. The molecule has 0 aliphatic heterocycles. The van der Waals surface area contributed by atoms with E-state index < -0.39 is 0 Å². The van der Waals surface area contributed by atoms with Crippen molar-refractivity contribution in [1.29, 1.82) is 0 Å². The Labute approximate surface area is 163 Å². The zero-order chi connectivity index (χ0) is 18.4. The minimum Gasteiger partial charge on any atom is -0.476 e. The average molecular weight is 413 g/mol. The molecule has 4 heteroatoms. The fraction of sp³-hybridized carbons (Fsp3) is 0.318. The molecule has 3 rings (SSSR count). The van der Waals surface area contributed by atoms with Crippen LogP contribution < -0.4 is 10.5 Å². The number of unbranched alkanes of at least 4 members (excludes halogenated alkanes) is 3. The van der Waals surface area contributed by atoms with Crippen LogP contribution in [0, 0.1) is 0 Å². The first kappa shape index (κ1) is 18.9. The minimum absolute atomic E-state index is 0.265. The molecule has 0 spiro atoms. The molecule has 2 N–H and O–H groups in total. The van der Waals surface area contributed by atoms with Gasteiger partial charge in [-0.3, -0.25) is 10.7 Å². The summed E-state index contributed by atoms with van der Waals surface area (Å²) < 4.78 is 6.97. The number of benzene rings is 2. The fourth-order valence-electron chi connectivity index (χ4n) is 3.09. The fourth-order valence-corrected chi connectivity index (χ4v) is 3.35. The lowest BCUT2D eigenvalue weighted by atomic mass is 10.0. The summed E-state index contributed by atoms with van der Waals surface area (Å²) in [5.74, 6) is 0.779. The topological polar surface area (TPSA) is 48.1 Å². The second kappa shape index (κ2) is 9.15. The Hall–Kier alpha value is -1.91. The maximum atomic E-state index is 6.12. The van der Waals surface area contributed by atoms with Gasteiger partial charge in [-0.25, -0.2) is 0 Å². The highest BCUT2D eigenvalue weighted by Crippen LogP contribution is 2.30. The third-order valence-electron chi connectivity index (χ3n) is 4.50. The number of ether oxygens (including phenoxy) is 1. The number of pyridine rings is 1. The van der Waals surface area contributed by atoms with Gasteiger partial charge in [0.1, 0.15) is 12.0 Å². The molecule has 2 aromatic carbocycles. The zero-order valence-electron chi connectivity index (χ0n) is 15.1. The summed E-state index contributed by atoms with van der Waals surface area (Å²) >= 11 is 3.49. The minimum atomic E-state index is -0.265. The first-order valence-electron chi connectivity index (χ1n) is 9.24. The molecule has 26 heavy (non-hydrogen) atoms. The average Bonchev–Trinajstić information content (AvgIpc) is 2.65.